The minimum atomic E-state index is -1.71. The first-order valence-electron chi connectivity index (χ1n) is 22.6. The summed E-state index contributed by atoms with van der Waals surface area (Å²) in [5, 5.41) is 23.4. The maximum absolute atomic E-state index is 14.8. The number of hydrogen-bond donors (Lipinski definition) is 7. The van der Waals surface area contributed by atoms with Gasteiger partial charge in [-0.15, -0.1) is 0 Å². The molecule has 4 rings (SSSR count). The number of esters is 1. The maximum Gasteiger partial charge on any atom is 0.329 e. The smallest absolute Gasteiger partial charge is 0.329 e. The van der Waals surface area contributed by atoms with E-state index in [-0.39, 0.29) is 50.2 Å². The number of fused-ring (bicyclic) bond motifs is 1. The first-order chi connectivity index (χ1) is 30.6. The van der Waals surface area contributed by atoms with Crippen LogP contribution in [0.1, 0.15) is 106 Å². The molecule has 3 saturated heterocycles. The molecule has 0 aliphatic carbocycles. The number of piperidine rings is 1. The van der Waals surface area contributed by atoms with Crippen molar-refractivity contribution < 1.29 is 57.7 Å². The summed E-state index contributed by atoms with van der Waals surface area (Å²) < 4.78 is 12.2. The zero-order chi connectivity index (χ0) is 48.4. The SMILES string of the molecule is CC[C@@H]1O[C@@H]2CC[C@@H]3NC(=O)[C@H](CC(C)C)NC(=O)[C@@H](NC(=O)[C@H](CCC(N)=O)NC(=O)C(C)C)[C@@H](C)OC(=O)[C@H]([C@@H](C)CC)NC(=O)[C@H](Cc4ccc(O)cc4)N(C)C(=O)[C@H]1N2C3=O. The van der Waals surface area contributed by atoms with Gasteiger partial charge in [0.25, 0.3) is 0 Å². The van der Waals surface area contributed by atoms with Crippen LogP contribution < -0.4 is 32.3 Å². The van der Waals surface area contributed by atoms with Crippen molar-refractivity contribution in [3.63, 3.8) is 0 Å². The summed E-state index contributed by atoms with van der Waals surface area (Å²) in [5.74, 6) is -8.19. The highest BCUT2D eigenvalue weighted by atomic mass is 16.5. The lowest BCUT2D eigenvalue weighted by Crippen LogP contribution is -2.63. The van der Waals surface area contributed by atoms with Crippen LogP contribution in [0.15, 0.2) is 24.3 Å². The summed E-state index contributed by atoms with van der Waals surface area (Å²) in [6, 6.07) is -3.30. The number of ether oxygens (including phenoxy) is 2. The molecule has 3 fully saturated rings. The van der Waals surface area contributed by atoms with Gasteiger partial charge >= 0.3 is 5.97 Å². The van der Waals surface area contributed by atoms with Crippen LogP contribution in [0, 0.1) is 17.8 Å². The quantitative estimate of drug-likeness (QED) is 0.124. The first kappa shape index (κ1) is 51.8. The summed E-state index contributed by atoms with van der Waals surface area (Å²) in [6.07, 6.45) is -2.52. The number of hydrogen-bond acceptors (Lipinski definition) is 12. The molecule has 0 unspecified atom stereocenters. The highest BCUT2D eigenvalue weighted by molar-refractivity contribution is 5.99. The summed E-state index contributed by atoms with van der Waals surface area (Å²) in [4.78, 5) is 128. The number of amides is 8. The van der Waals surface area contributed by atoms with E-state index < -0.39 is 126 Å². The predicted molar refractivity (Wildman–Crippen MR) is 235 cm³/mol. The lowest BCUT2D eigenvalue weighted by atomic mass is 9.96. The minimum Gasteiger partial charge on any atom is -0.508 e. The van der Waals surface area contributed by atoms with Crippen molar-refractivity contribution in [2.75, 3.05) is 7.05 Å². The monoisotopic (exact) mass is 912 g/mol. The van der Waals surface area contributed by atoms with Crippen molar-refractivity contribution >= 4 is 53.2 Å². The average Bonchev–Trinajstić information content (AvgIpc) is 3.64. The number of carbonyl (C=O) groups excluding carboxylic acids is 9. The summed E-state index contributed by atoms with van der Waals surface area (Å²) in [7, 11) is 1.42. The number of benzene rings is 1. The second kappa shape index (κ2) is 22.9. The Bertz CT molecular complexity index is 1930. The van der Waals surface area contributed by atoms with Crippen LogP contribution in [-0.2, 0) is 59.0 Å². The number of nitrogens with zero attached hydrogens (tertiary/aromatic N) is 2. The van der Waals surface area contributed by atoms with E-state index in [0.29, 0.717) is 18.4 Å². The normalized spacial score (nSPS) is 28.0. The van der Waals surface area contributed by atoms with Crippen molar-refractivity contribution in [2.24, 2.45) is 23.5 Å². The van der Waals surface area contributed by atoms with Crippen LogP contribution in [0.25, 0.3) is 0 Å². The van der Waals surface area contributed by atoms with E-state index in [4.69, 9.17) is 15.2 Å². The topological polar surface area (TPSA) is 285 Å². The van der Waals surface area contributed by atoms with Gasteiger partial charge in [-0.1, -0.05) is 67.0 Å². The number of primary amides is 1. The van der Waals surface area contributed by atoms with Gasteiger partial charge in [0.15, 0.2) is 0 Å². The number of nitrogens with one attached hydrogen (secondary N) is 5. The van der Waals surface area contributed by atoms with Crippen LogP contribution in [-0.4, -0.2) is 136 Å². The van der Waals surface area contributed by atoms with E-state index in [0.717, 1.165) is 0 Å². The van der Waals surface area contributed by atoms with Crippen molar-refractivity contribution in [3.05, 3.63) is 29.8 Å². The fraction of sp³-hybridized carbons (Fsp3) is 0.667. The second-order valence-corrected chi connectivity index (χ2v) is 18.1. The van der Waals surface area contributed by atoms with Crippen LogP contribution in [0.3, 0.4) is 0 Å². The Morgan fingerprint density at radius 3 is 2.14 bits per heavy atom. The molecule has 1 aromatic rings. The maximum atomic E-state index is 14.8. The summed E-state index contributed by atoms with van der Waals surface area (Å²) >= 11 is 0. The number of aromatic hydroxyl groups is 1. The Hall–Kier alpha value is -5.79. The molecule has 20 nitrogen and oxygen atoms in total. The Kier molecular flexibility index (Phi) is 18.3. The highest BCUT2D eigenvalue weighted by Crippen LogP contribution is 2.34. The number of likely N-dealkylation sites (N-methyl/N-ethyl adjacent to an activating group) is 1. The van der Waals surface area contributed by atoms with Crippen LogP contribution in [0.2, 0.25) is 0 Å². The van der Waals surface area contributed by atoms with E-state index in [9.17, 15) is 48.3 Å². The first-order valence-corrected chi connectivity index (χ1v) is 22.6. The lowest BCUT2D eigenvalue weighted by Gasteiger charge is -2.39. The second-order valence-electron chi connectivity index (χ2n) is 18.1. The average molecular weight is 913 g/mol. The van der Waals surface area contributed by atoms with Crippen molar-refractivity contribution in [3.8, 4) is 5.75 Å². The van der Waals surface area contributed by atoms with Crippen LogP contribution >= 0.6 is 0 Å². The van der Waals surface area contributed by atoms with Crippen LogP contribution in [0.4, 0.5) is 0 Å². The van der Waals surface area contributed by atoms with E-state index in [2.05, 4.69) is 26.6 Å². The minimum absolute atomic E-state index is 0.0257. The molecule has 0 spiro atoms. The van der Waals surface area contributed by atoms with Crippen LogP contribution in [0.5, 0.6) is 5.75 Å². The standard InChI is InChI=1S/C45H68N8O12/c1-10-24(7)35-45(63)64-25(8)36(51-39(57)28(16-18-33(46)55)47-38(56)23(5)6)42(60)49-30(20-22(3)4)40(58)48-29-17-19-34-53(43(29)61)37(32(11-2)65-34)44(62)52(9)31(41(59)50-35)21-26-12-14-27(54)15-13-26/h12-15,22-25,28-32,34-37,54H,10-11,16-21H2,1-9H3,(H2,46,55)(H,47,56)(H,48,58)(H,49,60)(H,50,59)(H,51,57)/t24-,25+,28-,29-,30-,31-,32-,34+,35-,36-,37-/m0/s1. The number of phenolic OH excluding ortho intramolecular Hbond substituents is 1. The van der Waals surface area contributed by atoms with E-state index in [1.165, 1.54) is 35.9 Å². The van der Waals surface area contributed by atoms with Gasteiger partial charge in [-0.3, -0.25) is 38.4 Å². The van der Waals surface area contributed by atoms with E-state index >= 15 is 0 Å². The molecule has 8 amide bonds. The van der Waals surface area contributed by atoms with Gasteiger partial charge in [-0.05, 0) is 68.6 Å². The van der Waals surface area contributed by atoms with Crippen molar-refractivity contribution in [1.82, 2.24) is 36.4 Å². The molecule has 3 aliphatic heterocycles. The van der Waals surface area contributed by atoms with Crippen molar-refractivity contribution in [2.45, 2.75) is 167 Å². The molecule has 3 aliphatic rings. The predicted octanol–water partition coefficient (Wildman–Crippen LogP) is 0.271. The Balaban J connectivity index is 1.85. The van der Waals surface area contributed by atoms with Gasteiger partial charge in [0, 0.05) is 25.8 Å². The van der Waals surface area contributed by atoms with Gasteiger partial charge in [-0.25, -0.2) is 4.79 Å². The van der Waals surface area contributed by atoms with Gasteiger partial charge in [-0.2, -0.15) is 0 Å². The molecule has 1 aromatic carbocycles. The van der Waals surface area contributed by atoms with E-state index in [1.807, 2.05) is 13.8 Å². The van der Waals surface area contributed by atoms with Gasteiger partial charge in [0.2, 0.25) is 47.3 Å². The molecule has 0 aromatic heterocycles. The third-order valence-corrected chi connectivity index (χ3v) is 12.3. The number of nitrogens with two attached hydrogens (primary N) is 1. The van der Waals surface area contributed by atoms with Gasteiger partial charge in [0.05, 0.1) is 6.10 Å². The molecule has 11 atom stereocenters. The molecule has 0 saturated carbocycles. The zero-order valence-electron chi connectivity index (χ0n) is 38.9. The Labute approximate surface area is 380 Å². The van der Waals surface area contributed by atoms with Gasteiger partial charge in [0.1, 0.15) is 60.4 Å². The third kappa shape index (κ3) is 13.2. The molecule has 8 N–H and O–H groups in total. The number of carbonyl (C=O) groups is 9. The molecule has 2 bridgehead atoms. The number of cyclic esters (lactones) is 1. The summed E-state index contributed by atoms with van der Waals surface area (Å²) in [6.45, 7) is 13.4. The lowest BCUT2D eigenvalue weighted by molar-refractivity contribution is -0.158. The molecule has 65 heavy (non-hydrogen) atoms. The molecule has 20 heteroatoms. The largest absolute Gasteiger partial charge is 0.508 e. The Morgan fingerprint density at radius 1 is 0.892 bits per heavy atom. The molecule has 360 valence electrons. The Morgan fingerprint density at radius 2 is 1.55 bits per heavy atom. The molecular formula is C45H68N8O12. The molecule has 3 heterocycles. The molecular weight excluding hydrogens is 845 g/mol. The number of phenols is 1. The van der Waals surface area contributed by atoms with E-state index in [1.54, 1.807) is 46.8 Å². The third-order valence-electron chi connectivity index (χ3n) is 12.3. The zero-order valence-corrected chi connectivity index (χ0v) is 38.9. The van der Waals surface area contributed by atoms with Crippen molar-refractivity contribution in [1.29, 1.82) is 0 Å². The highest BCUT2D eigenvalue weighted by Gasteiger charge is 2.53. The summed E-state index contributed by atoms with van der Waals surface area (Å²) in [5.41, 5.74) is 5.93. The fourth-order valence-electron chi connectivity index (χ4n) is 8.18. The fourth-order valence-corrected chi connectivity index (χ4v) is 8.18. The molecule has 0 radical (unpaired) electrons. The van der Waals surface area contributed by atoms with Gasteiger partial charge < -0.3 is 56.7 Å². The number of rotatable bonds is 14.